The highest BCUT2D eigenvalue weighted by atomic mass is 35.5. The third-order valence-corrected chi connectivity index (χ3v) is 5.82. The largest absolute Gasteiger partial charge is 0.374 e. The molecule has 25 heavy (non-hydrogen) atoms. The van der Waals surface area contributed by atoms with E-state index in [1.54, 1.807) is 12.1 Å². The van der Waals surface area contributed by atoms with Crippen molar-refractivity contribution in [2.75, 3.05) is 11.5 Å². The van der Waals surface area contributed by atoms with Crippen molar-refractivity contribution in [2.45, 2.75) is 18.2 Å². The fourth-order valence-electron chi connectivity index (χ4n) is 2.55. The molecule has 0 aliphatic heterocycles. The lowest BCUT2D eigenvalue weighted by Crippen LogP contribution is -2.05. The van der Waals surface area contributed by atoms with Gasteiger partial charge in [0.2, 0.25) is 5.13 Å². The van der Waals surface area contributed by atoms with E-state index in [2.05, 4.69) is 10.2 Å². The van der Waals surface area contributed by atoms with E-state index >= 15 is 0 Å². The first-order valence-corrected chi connectivity index (χ1v) is 9.44. The van der Waals surface area contributed by atoms with Gasteiger partial charge in [-0.1, -0.05) is 34.7 Å². The number of aryl methyl sites for hydroxylation is 1. The van der Waals surface area contributed by atoms with E-state index in [0.717, 1.165) is 11.4 Å². The maximum Gasteiger partial charge on any atom is 0.203 e. The van der Waals surface area contributed by atoms with Gasteiger partial charge in [0.1, 0.15) is 5.82 Å². The van der Waals surface area contributed by atoms with E-state index < -0.39 is 5.82 Å². The fraction of sp³-hybridized carbons (Fsp3) is 0.188. The van der Waals surface area contributed by atoms with Gasteiger partial charge in [-0.3, -0.25) is 4.79 Å². The molecule has 0 fully saturated rings. The summed E-state index contributed by atoms with van der Waals surface area (Å²) in [6, 6.07) is 6.32. The van der Waals surface area contributed by atoms with Crippen molar-refractivity contribution in [3.05, 3.63) is 52.1 Å². The average molecular weight is 397 g/mol. The van der Waals surface area contributed by atoms with Gasteiger partial charge in [0.25, 0.3) is 0 Å². The Labute approximate surface area is 157 Å². The van der Waals surface area contributed by atoms with Gasteiger partial charge in [0.05, 0.1) is 10.8 Å². The Kier molecular flexibility index (Phi) is 5.12. The molecule has 1 aromatic carbocycles. The molecule has 130 valence electrons. The van der Waals surface area contributed by atoms with Crippen molar-refractivity contribution in [1.29, 1.82) is 0 Å². The second-order valence-corrected chi connectivity index (χ2v) is 7.98. The Bertz CT molecular complexity index is 954. The van der Waals surface area contributed by atoms with Crippen molar-refractivity contribution in [2.24, 2.45) is 0 Å². The number of carbonyl (C=O) groups excluding carboxylic acids is 1. The first-order chi connectivity index (χ1) is 11.9. The molecule has 0 saturated carbocycles. The van der Waals surface area contributed by atoms with Gasteiger partial charge >= 0.3 is 0 Å². The predicted molar refractivity (Wildman–Crippen MR) is 99.6 cm³/mol. The van der Waals surface area contributed by atoms with Gasteiger partial charge in [-0.05, 0) is 38.1 Å². The molecule has 2 N–H and O–H groups in total. The lowest BCUT2D eigenvalue weighted by molar-refractivity contribution is 0.102. The summed E-state index contributed by atoms with van der Waals surface area (Å²) in [4.78, 5) is 12.6. The Balaban J connectivity index is 1.85. The van der Waals surface area contributed by atoms with Crippen LogP contribution in [0.5, 0.6) is 0 Å². The molecule has 3 rings (SSSR count). The van der Waals surface area contributed by atoms with E-state index in [9.17, 15) is 9.18 Å². The van der Waals surface area contributed by atoms with Gasteiger partial charge in [0, 0.05) is 22.6 Å². The number of hydrogen-bond donors (Lipinski definition) is 1. The molecule has 3 aromatic rings. The molecule has 0 amide bonds. The number of aromatic nitrogens is 3. The number of halogens is 2. The molecule has 0 spiro atoms. The van der Waals surface area contributed by atoms with Crippen LogP contribution in [0.3, 0.4) is 0 Å². The van der Waals surface area contributed by atoms with Crippen LogP contribution in [0.4, 0.5) is 9.52 Å². The lowest BCUT2D eigenvalue weighted by Gasteiger charge is -2.10. The summed E-state index contributed by atoms with van der Waals surface area (Å²) in [6.45, 7) is 3.74. The fourth-order valence-corrected chi connectivity index (χ4v) is 4.24. The molecule has 2 aromatic heterocycles. The molecule has 0 aliphatic rings. The molecular formula is C16H14ClFN4OS2. The maximum absolute atomic E-state index is 13.4. The number of ketones is 1. The Morgan fingerprint density at radius 2 is 2.12 bits per heavy atom. The van der Waals surface area contributed by atoms with Crippen LogP contribution in [0.2, 0.25) is 5.02 Å². The minimum Gasteiger partial charge on any atom is -0.374 e. The number of nitrogen functional groups attached to an aromatic ring is 1. The van der Waals surface area contributed by atoms with Crippen molar-refractivity contribution in [3.63, 3.8) is 0 Å². The quantitative estimate of drug-likeness (QED) is 0.514. The van der Waals surface area contributed by atoms with E-state index in [1.165, 1.54) is 29.2 Å². The van der Waals surface area contributed by atoms with Crippen LogP contribution in [0.15, 0.2) is 28.6 Å². The summed E-state index contributed by atoms with van der Waals surface area (Å²) >= 11 is 8.43. The zero-order valence-electron chi connectivity index (χ0n) is 13.4. The summed E-state index contributed by atoms with van der Waals surface area (Å²) in [5.41, 5.74) is 8.51. The van der Waals surface area contributed by atoms with Crippen LogP contribution in [-0.2, 0) is 0 Å². The summed E-state index contributed by atoms with van der Waals surface area (Å²) in [5, 5.41) is 8.04. The van der Waals surface area contributed by atoms with E-state index in [1.807, 2.05) is 24.5 Å². The Morgan fingerprint density at radius 3 is 2.76 bits per heavy atom. The van der Waals surface area contributed by atoms with E-state index in [4.69, 9.17) is 17.3 Å². The summed E-state index contributed by atoms with van der Waals surface area (Å²) in [5.74, 6) is -0.258. The molecule has 5 nitrogen and oxygen atoms in total. The lowest BCUT2D eigenvalue weighted by atomic mass is 10.2. The number of carbonyl (C=O) groups is 1. The second-order valence-electron chi connectivity index (χ2n) is 5.34. The first-order valence-electron chi connectivity index (χ1n) is 7.26. The minimum atomic E-state index is -0.475. The number of thioether (sulfide) groups is 1. The molecule has 0 saturated heterocycles. The first kappa shape index (κ1) is 17.9. The van der Waals surface area contributed by atoms with E-state index in [0.29, 0.717) is 20.7 Å². The van der Waals surface area contributed by atoms with Gasteiger partial charge in [-0.25, -0.2) is 4.39 Å². The normalized spacial score (nSPS) is 11.0. The topological polar surface area (TPSA) is 73.8 Å². The van der Waals surface area contributed by atoms with Crippen LogP contribution < -0.4 is 5.73 Å². The molecule has 0 aliphatic carbocycles. The predicted octanol–water partition coefficient (Wildman–Crippen LogP) is 4.30. The summed E-state index contributed by atoms with van der Waals surface area (Å²) in [6.07, 6.45) is 0. The Morgan fingerprint density at radius 1 is 1.36 bits per heavy atom. The van der Waals surface area contributed by atoms with Gasteiger partial charge < -0.3 is 10.3 Å². The highest BCUT2D eigenvalue weighted by Gasteiger charge is 2.18. The molecule has 0 radical (unpaired) electrons. The van der Waals surface area contributed by atoms with Gasteiger partial charge in [0.15, 0.2) is 10.1 Å². The Hall–Kier alpha value is -1.90. The van der Waals surface area contributed by atoms with Crippen LogP contribution in [0.25, 0.3) is 5.69 Å². The number of anilines is 1. The molecule has 0 unspecified atom stereocenters. The highest BCUT2D eigenvalue weighted by molar-refractivity contribution is 8.01. The number of rotatable bonds is 5. The van der Waals surface area contributed by atoms with Gasteiger partial charge in [-0.15, -0.1) is 10.2 Å². The zero-order chi connectivity index (χ0) is 18.1. The highest BCUT2D eigenvalue weighted by Crippen LogP contribution is 2.28. The number of nitrogens with zero attached hydrogens (tertiary/aromatic N) is 3. The maximum atomic E-state index is 13.4. The smallest absolute Gasteiger partial charge is 0.203 e. The van der Waals surface area contributed by atoms with Crippen molar-refractivity contribution in [1.82, 2.24) is 14.8 Å². The molecule has 2 heterocycles. The number of benzene rings is 1. The molecule has 0 atom stereocenters. The van der Waals surface area contributed by atoms with Crippen LogP contribution in [-0.4, -0.2) is 26.3 Å². The SMILES string of the molecule is Cc1cc(C(=O)CSc2nnc(N)s2)c(C)n1-c1ccc(F)c(Cl)c1. The molecule has 0 bridgehead atoms. The van der Waals surface area contributed by atoms with Crippen LogP contribution >= 0.6 is 34.7 Å². The summed E-state index contributed by atoms with van der Waals surface area (Å²) < 4.78 is 15.9. The van der Waals surface area contributed by atoms with Crippen LogP contribution in [0, 0.1) is 19.7 Å². The van der Waals surface area contributed by atoms with Crippen LogP contribution in [0.1, 0.15) is 21.7 Å². The molecule has 9 heteroatoms. The van der Waals surface area contributed by atoms with Crippen molar-refractivity contribution >= 4 is 45.6 Å². The van der Waals surface area contributed by atoms with E-state index in [-0.39, 0.29) is 16.6 Å². The number of nitrogens with two attached hydrogens (primary N) is 1. The average Bonchev–Trinajstić information content (AvgIpc) is 3.11. The number of hydrogen-bond acceptors (Lipinski definition) is 6. The molecular weight excluding hydrogens is 383 g/mol. The number of Topliss-reactive ketones (excluding diaryl/α,β-unsaturated/α-hetero) is 1. The third kappa shape index (κ3) is 3.70. The van der Waals surface area contributed by atoms with Crippen molar-refractivity contribution in [3.8, 4) is 5.69 Å². The summed E-state index contributed by atoms with van der Waals surface area (Å²) in [7, 11) is 0. The second kappa shape index (κ2) is 7.15. The monoisotopic (exact) mass is 396 g/mol. The van der Waals surface area contributed by atoms with Crippen molar-refractivity contribution < 1.29 is 9.18 Å². The zero-order valence-corrected chi connectivity index (χ0v) is 15.8. The standard InChI is InChI=1S/C16H14ClFN4OS2/c1-8-5-11(14(23)7-24-16-21-20-15(19)25-16)9(2)22(8)10-3-4-13(18)12(17)6-10/h3-6H,7H2,1-2H3,(H2,19,20). The van der Waals surface area contributed by atoms with Gasteiger partial charge in [-0.2, -0.15) is 0 Å². The third-order valence-electron chi connectivity index (χ3n) is 3.64. The minimum absolute atomic E-state index is 0.0219.